The van der Waals surface area contributed by atoms with E-state index in [2.05, 4.69) is 10.3 Å². The Morgan fingerprint density at radius 1 is 1.10 bits per heavy atom. The number of halogens is 1. The Kier molecular flexibility index (Phi) is 10.4. The SMILES string of the molecule is CCOc1nc(CC)c(CNC(=O)C(CC(C)C)C(=O)NO)n1Cc1ccc(-c2ccccc2C(=O)O)cc1F. The Hall–Kier alpha value is -4.25. The first kappa shape index (κ1) is 30.3. The van der Waals surface area contributed by atoms with E-state index in [1.165, 1.54) is 12.1 Å². The molecule has 214 valence electrons. The van der Waals surface area contributed by atoms with Gasteiger partial charge in [-0.3, -0.25) is 19.4 Å². The molecule has 3 aromatic rings. The van der Waals surface area contributed by atoms with E-state index < -0.39 is 29.5 Å². The second-order valence-corrected chi connectivity index (χ2v) is 9.69. The molecule has 1 heterocycles. The molecule has 1 unspecified atom stereocenters. The zero-order valence-electron chi connectivity index (χ0n) is 23.0. The zero-order valence-corrected chi connectivity index (χ0v) is 23.0. The molecule has 11 heteroatoms. The molecule has 1 atom stereocenters. The van der Waals surface area contributed by atoms with Crippen molar-refractivity contribution >= 4 is 17.8 Å². The summed E-state index contributed by atoms with van der Waals surface area (Å²) in [5, 5.41) is 21.4. The number of rotatable bonds is 13. The first-order valence-corrected chi connectivity index (χ1v) is 13.1. The number of aromatic carboxylic acids is 1. The molecule has 0 spiro atoms. The van der Waals surface area contributed by atoms with Gasteiger partial charge >= 0.3 is 5.97 Å². The largest absolute Gasteiger partial charge is 0.478 e. The minimum atomic E-state index is -1.11. The highest BCUT2D eigenvalue weighted by Gasteiger charge is 2.28. The van der Waals surface area contributed by atoms with E-state index >= 15 is 4.39 Å². The molecule has 2 aromatic carbocycles. The third-order valence-corrected chi connectivity index (χ3v) is 6.46. The lowest BCUT2D eigenvalue weighted by Gasteiger charge is -2.18. The van der Waals surface area contributed by atoms with E-state index in [4.69, 9.17) is 9.94 Å². The monoisotopic (exact) mass is 554 g/mol. The van der Waals surface area contributed by atoms with Gasteiger partial charge in [-0.2, -0.15) is 4.98 Å². The lowest BCUT2D eigenvalue weighted by atomic mass is 9.95. The number of benzene rings is 2. The summed E-state index contributed by atoms with van der Waals surface area (Å²) in [6.45, 7) is 7.77. The van der Waals surface area contributed by atoms with Crippen LogP contribution < -0.4 is 15.5 Å². The van der Waals surface area contributed by atoms with Crippen molar-refractivity contribution < 1.29 is 33.8 Å². The molecule has 0 saturated heterocycles. The first-order valence-electron chi connectivity index (χ1n) is 13.1. The Morgan fingerprint density at radius 2 is 1.82 bits per heavy atom. The smallest absolute Gasteiger partial charge is 0.336 e. The quantitative estimate of drug-likeness (QED) is 0.141. The van der Waals surface area contributed by atoms with Gasteiger partial charge in [0.05, 0.1) is 36.6 Å². The Morgan fingerprint density at radius 3 is 2.42 bits per heavy atom. The minimum Gasteiger partial charge on any atom is -0.478 e. The van der Waals surface area contributed by atoms with Crippen LogP contribution >= 0.6 is 0 Å². The average molecular weight is 555 g/mol. The van der Waals surface area contributed by atoms with Crippen molar-refractivity contribution in [2.24, 2.45) is 11.8 Å². The van der Waals surface area contributed by atoms with Gasteiger partial charge in [0, 0.05) is 5.56 Å². The number of nitrogens with one attached hydrogen (secondary N) is 2. The lowest BCUT2D eigenvalue weighted by Crippen LogP contribution is -2.41. The number of nitrogens with zero attached hydrogens (tertiary/aromatic N) is 2. The van der Waals surface area contributed by atoms with Crippen molar-refractivity contribution in [2.75, 3.05) is 6.61 Å². The third-order valence-electron chi connectivity index (χ3n) is 6.46. The predicted octanol–water partition coefficient (Wildman–Crippen LogP) is 4.18. The molecule has 0 aliphatic heterocycles. The molecule has 3 rings (SSSR count). The van der Waals surface area contributed by atoms with Crippen molar-refractivity contribution in [2.45, 2.75) is 53.6 Å². The standard InChI is InChI=1S/C29H35FN4O6/c1-5-24-25(15-31-26(35)22(13-17(3)4)27(36)33-39)34(29(32-24)40-6-2)16-19-12-11-18(14-23(19)30)20-9-7-8-10-21(20)28(37)38/h7-12,14,17,22,39H,5-6,13,15-16H2,1-4H3,(H,31,35)(H,33,36)(H,37,38). The molecular formula is C29H35FN4O6. The second-order valence-electron chi connectivity index (χ2n) is 9.69. The molecule has 1 aromatic heterocycles. The molecule has 0 radical (unpaired) electrons. The van der Waals surface area contributed by atoms with Gasteiger partial charge in [0.25, 0.3) is 11.9 Å². The zero-order chi connectivity index (χ0) is 29.4. The average Bonchev–Trinajstić information content (AvgIpc) is 3.26. The number of carboxylic acid groups (broad SMARTS) is 1. The van der Waals surface area contributed by atoms with Crippen molar-refractivity contribution in [3.63, 3.8) is 0 Å². The van der Waals surface area contributed by atoms with Gasteiger partial charge in [0.1, 0.15) is 11.7 Å². The van der Waals surface area contributed by atoms with E-state index in [-0.39, 0.29) is 37.0 Å². The predicted molar refractivity (Wildman–Crippen MR) is 145 cm³/mol. The van der Waals surface area contributed by atoms with Crippen molar-refractivity contribution in [1.82, 2.24) is 20.3 Å². The maximum Gasteiger partial charge on any atom is 0.336 e. The fourth-order valence-corrected chi connectivity index (χ4v) is 4.51. The highest BCUT2D eigenvalue weighted by atomic mass is 19.1. The summed E-state index contributed by atoms with van der Waals surface area (Å²) in [5.74, 6) is -4.05. The summed E-state index contributed by atoms with van der Waals surface area (Å²) < 4.78 is 22.8. The second kappa shape index (κ2) is 13.7. The Bertz CT molecular complexity index is 1370. The number of hydrogen-bond donors (Lipinski definition) is 4. The van der Waals surface area contributed by atoms with Crippen molar-refractivity contribution in [3.05, 3.63) is 70.8 Å². The normalized spacial score (nSPS) is 11.8. The molecule has 0 fully saturated rings. The molecular weight excluding hydrogens is 519 g/mol. The van der Waals surface area contributed by atoms with Gasteiger partial charge in [-0.1, -0.05) is 51.1 Å². The van der Waals surface area contributed by atoms with Crippen LogP contribution in [0.3, 0.4) is 0 Å². The summed E-state index contributed by atoms with van der Waals surface area (Å²) >= 11 is 0. The number of aromatic nitrogens is 2. The molecule has 0 saturated carbocycles. The van der Waals surface area contributed by atoms with E-state index in [1.807, 2.05) is 20.8 Å². The van der Waals surface area contributed by atoms with E-state index in [0.29, 0.717) is 41.1 Å². The minimum absolute atomic E-state index is 0.00107. The topological polar surface area (TPSA) is 143 Å². The number of carbonyl (C=O) groups excluding carboxylic acids is 2. The summed E-state index contributed by atoms with van der Waals surface area (Å²) in [4.78, 5) is 41.2. The van der Waals surface area contributed by atoms with Gasteiger partial charge in [0.2, 0.25) is 5.91 Å². The fraction of sp³-hybridized carbons (Fsp3) is 0.379. The number of hydroxylamine groups is 1. The molecule has 0 aliphatic rings. The molecule has 4 N–H and O–H groups in total. The van der Waals surface area contributed by atoms with Gasteiger partial charge in [-0.15, -0.1) is 0 Å². The summed E-state index contributed by atoms with van der Waals surface area (Å²) in [6.07, 6.45) is 0.753. The molecule has 40 heavy (non-hydrogen) atoms. The highest BCUT2D eigenvalue weighted by molar-refractivity contribution is 5.99. The maximum atomic E-state index is 15.4. The van der Waals surface area contributed by atoms with Crippen LogP contribution in [0, 0.1) is 17.7 Å². The van der Waals surface area contributed by atoms with Crippen LogP contribution in [0.15, 0.2) is 42.5 Å². The Labute approximate surface area is 232 Å². The van der Waals surface area contributed by atoms with Gasteiger partial charge < -0.3 is 15.2 Å². The van der Waals surface area contributed by atoms with Crippen LogP contribution in [0.1, 0.15) is 61.4 Å². The summed E-state index contributed by atoms with van der Waals surface area (Å²) in [7, 11) is 0. The van der Waals surface area contributed by atoms with Crippen LogP contribution in [0.2, 0.25) is 0 Å². The molecule has 2 amide bonds. The van der Waals surface area contributed by atoms with E-state index in [9.17, 15) is 19.5 Å². The number of amides is 2. The fourth-order valence-electron chi connectivity index (χ4n) is 4.51. The van der Waals surface area contributed by atoms with Crippen molar-refractivity contribution in [1.29, 1.82) is 0 Å². The van der Waals surface area contributed by atoms with Crippen LogP contribution in [-0.2, 0) is 29.1 Å². The van der Waals surface area contributed by atoms with Crippen LogP contribution in [-0.4, -0.2) is 44.3 Å². The van der Waals surface area contributed by atoms with Gasteiger partial charge in [-0.25, -0.2) is 14.7 Å². The first-order chi connectivity index (χ1) is 19.1. The van der Waals surface area contributed by atoms with E-state index in [1.54, 1.807) is 47.3 Å². The highest BCUT2D eigenvalue weighted by Crippen LogP contribution is 2.28. The van der Waals surface area contributed by atoms with Gasteiger partial charge in [0.15, 0.2) is 0 Å². The summed E-state index contributed by atoms with van der Waals surface area (Å²) in [5.41, 5.74) is 3.99. The lowest BCUT2D eigenvalue weighted by molar-refractivity contribution is -0.141. The van der Waals surface area contributed by atoms with Crippen LogP contribution in [0.25, 0.3) is 11.1 Å². The number of ether oxygens (including phenoxy) is 1. The third kappa shape index (κ3) is 7.03. The van der Waals surface area contributed by atoms with Gasteiger partial charge in [-0.05, 0) is 48.9 Å². The maximum absolute atomic E-state index is 15.4. The molecule has 0 bridgehead atoms. The number of aryl methyl sites for hydroxylation is 1. The Balaban J connectivity index is 1.94. The van der Waals surface area contributed by atoms with E-state index in [0.717, 1.165) is 0 Å². The number of hydrogen-bond acceptors (Lipinski definition) is 6. The number of imidazole rings is 1. The van der Waals surface area contributed by atoms with Crippen LogP contribution in [0.5, 0.6) is 6.01 Å². The molecule has 0 aliphatic carbocycles. The number of carbonyl (C=O) groups is 3. The summed E-state index contributed by atoms with van der Waals surface area (Å²) in [6, 6.07) is 11.2. The molecule has 10 nitrogen and oxygen atoms in total. The van der Waals surface area contributed by atoms with Crippen LogP contribution in [0.4, 0.5) is 4.39 Å². The van der Waals surface area contributed by atoms with Crippen molar-refractivity contribution in [3.8, 4) is 17.1 Å². The number of carboxylic acids is 1.